The first kappa shape index (κ1) is 13.0. The topological polar surface area (TPSA) is 43.1 Å². The largest absolute Gasteiger partial charge is 0.398 e. The third-order valence-electron chi connectivity index (χ3n) is 2.42. The molecule has 1 rings (SSSR count). The second-order valence-electron chi connectivity index (χ2n) is 5.22. The highest BCUT2D eigenvalue weighted by atomic mass is 35.5. The smallest absolute Gasteiger partial charge is 0.162 e. The molecule has 0 atom stereocenters. The van der Waals surface area contributed by atoms with Gasteiger partial charge in [-0.15, -0.1) is 0 Å². The van der Waals surface area contributed by atoms with E-state index in [1.165, 1.54) is 0 Å². The van der Waals surface area contributed by atoms with E-state index in [4.69, 9.17) is 17.3 Å². The molecule has 88 valence electrons. The summed E-state index contributed by atoms with van der Waals surface area (Å²) in [6, 6.07) is 5.04. The van der Waals surface area contributed by atoms with Gasteiger partial charge in [-0.05, 0) is 30.0 Å². The van der Waals surface area contributed by atoms with Gasteiger partial charge < -0.3 is 5.73 Å². The quantitative estimate of drug-likeness (QED) is 0.642. The number of hydrogen-bond acceptors (Lipinski definition) is 2. The summed E-state index contributed by atoms with van der Waals surface area (Å²) in [5.74, 6) is 0.122. The van der Waals surface area contributed by atoms with E-state index in [0.29, 0.717) is 22.7 Å². The van der Waals surface area contributed by atoms with Crippen molar-refractivity contribution >= 4 is 23.1 Å². The van der Waals surface area contributed by atoms with Crippen molar-refractivity contribution in [3.05, 3.63) is 28.8 Å². The molecule has 0 saturated carbocycles. The van der Waals surface area contributed by atoms with E-state index in [0.717, 1.165) is 6.42 Å². The minimum absolute atomic E-state index is 0.122. The average molecular weight is 240 g/mol. The van der Waals surface area contributed by atoms with Gasteiger partial charge in [0, 0.05) is 12.0 Å². The first-order valence-electron chi connectivity index (χ1n) is 5.38. The Bertz CT molecular complexity index is 393. The summed E-state index contributed by atoms with van der Waals surface area (Å²) >= 11 is 5.87. The van der Waals surface area contributed by atoms with E-state index in [1.54, 1.807) is 18.2 Å². The van der Waals surface area contributed by atoms with E-state index in [1.807, 2.05) is 0 Å². The van der Waals surface area contributed by atoms with Crippen LogP contribution in [0.25, 0.3) is 0 Å². The van der Waals surface area contributed by atoms with Crippen LogP contribution < -0.4 is 5.73 Å². The van der Waals surface area contributed by atoms with Crippen LogP contribution in [0.1, 0.15) is 44.0 Å². The lowest BCUT2D eigenvalue weighted by atomic mass is 9.88. The van der Waals surface area contributed by atoms with Crippen LogP contribution in [0.4, 0.5) is 5.69 Å². The number of halogens is 1. The fourth-order valence-electron chi connectivity index (χ4n) is 1.33. The number of carbonyl (C=O) groups is 1. The van der Waals surface area contributed by atoms with Crippen LogP contribution in [0.15, 0.2) is 18.2 Å². The number of Topliss-reactive ketones (excluding diaryl/α,β-unsaturated/α-hetero) is 1. The lowest BCUT2D eigenvalue weighted by Gasteiger charge is -2.17. The molecule has 0 heterocycles. The minimum Gasteiger partial charge on any atom is -0.398 e. The Morgan fingerprint density at radius 2 is 2.00 bits per heavy atom. The highest BCUT2D eigenvalue weighted by Gasteiger charge is 2.14. The molecule has 1 aromatic carbocycles. The van der Waals surface area contributed by atoms with Crippen LogP contribution in [0.3, 0.4) is 0 Å². The van der Waals surface area contributed by atoms with Gasteiger partial charge >= 0.3 is 0 Å². The first-order valence-corrected chi connectivity index (χ1v) is 5.75. The van der Waals surface area contributed by atoms with Crippen LogP contribution in [0.2, 0.25) is 5.02 Å². The standard InChI is InChI=1S/C13H18ClNO/c1-13(2,3)7-6-12(16)9-4-5-11(15)10(14)8-9/h4-5,8H,6-7,15H2,1-3H3. The number of anilines is 1. The van der Waals surface area contributed by atoms with Gasteiger partial charge in [0.2, 0.25) is 0 Å². The number of nitrogens with two attached hydrogens (primary N) is 1. The van der Waals surface area contributed by atoms with Gasteiger partial charge in [0.15, 0.2) is 5.78 Å². The Morgan fingerprint density at radius 3 is 2.50 bits per heavy atom. The van der Waals surface area contributed by atoms with Crippen LogP contribution in [-0.2, 0) is 0 Å². The summed E-state index contributed by atoms with van der Waals surface area (Å²) in [5.41, 5.74) is 6.91. The Hall–Kier alpha value is -1.02. The maximum absolute atomic E-state index is 11.9. The molecule has 16 heavy (non-hydrogen) atoms. The molecule has 1 aromatic rings. The van der Waals surface area contributed by atoms with Gasteiger partial charge in [0.05, 0.1) is 10.7 Å². The molecule has 0 aliphatic carbocycles. The molecule has 0 saturated heterocycles. The highest BCUT2D eigenvalue weighted by Crippen LogP contribution is 2.24. The summed E-state index contributed by atoms with van der Waals surface area (Å²) in [5, 5.41) is 0.446. The summed E-state index contributed by atoms with van der Waals surface area (Å²) in [4.78, 5) is 11.9. The van der Waals surface area contributed by atoms with Gasteiger partial charge in [0.1, 0.15) is 0 Å². The fraction of sp³-hybridized carbons (Fsp3) is 0.462. The summed E-state index contributed by atoms with van der Waals surface area (Å²) in [6.07, 6.45) is 1.41. The Balaban J connectivity index is 2.70. The lowest BCUT2D eigenvalue weighted by Crippen LogP contribution is -2.09. The van der Waals surface area contributed by atoms with Crippen LogP contribution in [0.5, 0.6) is 0 Å². The van der Waals surface area contributed by atoms with Crippen molar-refractivity contribution in [3.8, 4) is 0 Å². The van der Waals surface area contributed by atoms with Gasteiger partial charge in [-0.3, -0.25) is 4.79 Å². The lowest BCUT2D eigenvalue weighted by molar-refractivity contribution is 0.0966. The van der Waals surface area contributed by atoms with Crippen molar-refractivity contribution in [2.24, 2.45) is 5.41 Å². The van der Waals surface area contributed by atoms with Crippen LogP contribution in [-0.4, -0.2) is 5.78 Å². The molecule has 0 fully saturated rings. The van der Waals surface area contributed by atoms with Crippen molar-refractivity contribution in [2.75, 3.05) is 5.73 Å². The second kappa shape index (κ2) is 4.88. The molecule has 2 N–H and O–H groups in total. The van der Waals surface area contributed by atoms with E-state index in [9.17, 15) is 4.79 Å². The Labute approximate surface area is 102 Å². The normalized spacial score (nSPS) is 11.5. The fourth-order valence-corrected chi connectivity index (χ4v) is 1.51. The van der Waals surface area contributed by atoms with E-state index >= 15 is 0 Å². The zero-order valence-corrected chi connectivity index (χ0v) is 10.8. The van der Waals surface area contributed by atoms with Crippen molar-refractivity contribution in [3.63, 3.8) is 0 Å². The van der Waals surface area contributed by atoms with Crippen molar-refractivity contribution in [2.45, 2.75) is 33.6 Å². The van der Waals surface area contributed by atoms with Gasteiger partial charge in [-0.25, -0.2) is 0 Å². The number of carbonyl (C=O) groups excluding carboxylic acids is 1. The van der Waals surface area contributed by atoms with Crippen molar-refractivity contribution < 1.29 is 4.79 Å². The molecular weight excluding hydrogens is 222 g/mol. The molecule has 3 heteroatoms. The number of benzene rings is 1. The van der Waals surface area contributed by atoms with E-state index in [2.05, 4.69) is 20.8 Å². The highest BCUT2D eigenvalue weighted by molar-refractivity contribution is 6.33. The third kappa shape index (κ3) is 3.86. The average Bonchev–Trinajstić information content (AvgIpc) is 2.17. The molecule has 0 radical (unpaired) electrons. The van der Waals surface area contributed by atoms with Gasteiger partial charge in [0.25, 0.3) is 0 Å². The predicted molar refractivity (Wildman–Crippen MR) is 68.9 cm³/mol. The number of rotatable bonds is 3. The Morgan fingerprint density at radius 1 is 1.38 bits per heavy atom. The maximum atomic E-state index is 11.9. The summed E-state index contributed by atoms with van der Waals surface area (Å²) in [6.45, 7) is 6.36. The Kier molecular flexibility index (Phi) is 3.98. The van der Waals surface area contributed by atoms with Crippen molar-refractivity contribution in [1.82, 2.24) is 0 Å². The zero-order valence-electron chi connectivity index (χ0n) is 10.0. The molecule has 0 aromatic heterocycles. The van der Waals surface area contributed by atoms with E-state index in [-0.39, 0.29) is 11.2 Å². The summed E-state index contributed by atoms with van der Waals surface area (Å²) in [7, 11) is 0. The molecule has 2 nitrogen and oxygen atoms in total. The number of ketones is 1. The molecule has 0 aliphatic rings. The molecule has 0 bridgehead atoms. The van der Waals surface area contributed by atoms with Gasteiger partial charge in [-0.2, -0.15) is 0 Å². The SMILES string of the molecule is CC(C)(C)CCC(=O)c1ccc(N)c(Cl)c1. The molecular formula is C13H18ClNO. The van der Waals surface area contributed by atoms with Gasteiger partial charge in [-0.1, -0.05) is 32.4 Å². The van der Waals surface area contributed by atoms with Crippen molar-refractivity contribution in [1.29, 1.82) is 0 Å². The predicted octanol–water partition coefficient (Wildman–Crippen LogP) is 3.93. The minimum atomic E-state index is 0.122. The number of hydrogen-bond donors (Lipinski definition) is 1. The zero-order chi connectivity index (χ0) is 12.3. The van der Waals surface area contributed by atoms with Crippen LogP contribution >= 0.6 is 11.6 Å². The summed E-state index contributed by atoms with van der Waals surface area (Å²) < 4.78 is 0. The molecule has 0 unspecified atom stereocenters. The molecule has 0 aliphatic heterocycles. The van der Waals surface area contributed by atoms with E-state index < -0.39 is 0 Å². The third-order valence-corrected chi connectivity index (χ3v) is 2.75. The molecule has 0 spiro atoms. The first-order chi connectivity index (χ1) is 7.29. The number of nitrogen functional groups attached to an aromatic ring is 1. The maximum Gasteiger partial charge on any atom is 0.162 e. The monoisotopic (exact) mass is 239 g/mol. The molecule has 0 amide bonds. The van der Waals surface area contributed by atoms with Crippen LogP contribution in [0, 0.1) is 5.41 Å². The second-order valence-corrected chi connectivity index (χ2v) is 5.63.